The molecule has 4 heteroatoms. The number of rotatable bonds is 3. The van der Waals surface area contributed by atoms with Gasteiger partial charge in [-0.15, -0.1) is 0 Å². The van der Waals surface area contributed by atoms with Crippen LogP contribution in [0.4, 0.5) is 0 Å². The van der Waals surface area contributed by atoms with Gasteiger partial charge in [0.15, 0.2) is 0 Å². The first-order valence-electron chi connectivity index (χ1n) is 4.99. The van der Waals surface area contributed by atoms with E-state index in [-0.39, 0.29) is 0 Å². The Morgan fingerprint density at radius 1 is 1.12 bits per heavy atom. The maximum Gasteiger partial charge on any atom is 0.118 e. The van der Waals surface area contributed by atoms with Crippen molar-refractivity contribution in [3.05, 3.63) is 46.0 Å². The van der Waals surface area contributed by atoms with Crippen LogP contribution >= 0.6 is 34.4 Å². The highest BCUT2D eigenvalue weighted by Crippen LogP contribution is 2.33. The molecule has 2 nitrogen and oxygen atoms in total. The molecular weight excluding hydrogens is 347 g/mol. The Morgan fingerprint density at radius 2 is 1.82 bits per heavy atom. The lowest BCUT2D eigenvalue weighted by Crippen LogP contribution is -1.82. The van der Waals surface area contributed by atoms with Crippen molar-refractivity contribution < 1.29 is 9.84 Å². The third-order valence-electron chi connectivity index (χ3n) is 2.20. The molecule has 0 aliphatic heterocycles. The molecule has 0 heterocycles. The molecule has 0 unspecified atom stereocenters. The molecule has 2 aromatic carbocycles. The Balaban J connectivity index is 2.19. The summed E-state index contributed by atoms with van der Waals surface area (Å²) >= 11 is 3.89. The van der Waals surface area contributed by atoms with Crippen LogP contribution in [0.15, 0.2) is 52.3 Å². The summed E-state index contributed by atoms with van der Waals surface area (Å²) in [6.07, 6.45) is 0. The summed E-state index contributed by atoms with van der Waals surface area (Å²) in [6, 6.07) is 13.3. The van der Waals surface area contributed by atoms with Crippen LogP contribution in [0, 0.1) is 3.57 Å². The van der Waals surface area contributed by atoms with Crippen LogP contribution in [-0.4, -0.2) is 12.2 Å². The Kier molecular flexibility index (Phi) is 4.17. The molecule has 2 aromatic rings. The average molecular weight is 358 g/mol. The van der Waals surface area contributed by atoms with Crippen LogP contribution in [0.3, 0.4) is 0 Å². The number of hydrogen-bond acceptors (Lipinski definition) is 3. The van der Waals surface area contributed by atoms with Gasteiger partial charge in [-0.3, -0.25) is 0 Å². The Labute approximate surface area is 118 Å². The third kappa shape index (κ3) is 3.29. The normalized spacial score (nSPS) is 10.2. The summed E-state index contributed by atoms with van der Waals surface area (Å²) in [5.74, 6) is 1.16. The van der Waals surface area contributed by atoms with Gasteiger partial charge in [0.2, 0.25) is 0 Å². The van der Waals surface area contributed by atoms with E-state index < -0.39 is 0 Å². The van der Waals surface area contributed by atoms with Gasteiger partial charge in [-0.2, -0.15) is 0 Å². The number of benzene rings is 2. The number of hydrogen-bond donors (Lipinski definition) is 1. The number of ether oxygens (including phenoxy) is 1. The van der Waals surface area contributed by atoms with Gasteiger partial charge in [0, 0.05) is 13.4 Å². The molecule has 88 valence electrons. The molecule has 17 heavy (non-hydrogen) atoms. The number of phenols is 1. The van der Waals surface area contributed by atoms with Crippen molar-refractivity contribution >= 4 is 34.4 Å². The van der Waals surface area contributed by atoms with Crippen LogP contribution in [0.1, 0.15) is 0 Å². The molecule has 0 bridgehead atoms. The van der Waals surface area contributed by atoms with Gasteiger partial charge in [-0.1, -0.05) is 11.8 Å². The predicted octanol–water partition coefficient (Wildman–Crippen LogP) is 4.16. The standard InChI is InChI=1S/C13H11IO2S/c1-16-10-3-5-11(6-4-10)17-13-7-2-9(15)8-12(13)14/h2-8,15H,1H3. The van der Waals surface area contributed by atoms with E-state index in [9.17, 15) is 5.11 Å². The molecule has 0 radical (unpaired) electrons. The molecule has 0 fully saturated rings. The van der Waals surface area contributed by atoms with E-state index >= 15 is 0 Å². The van der Waals surface area contributed by atoms with E-state index in [0.29, 0.717) is 5.75 Å². The SMILES string of the molecule is COc1ccc(Sc2ccc(O)cc2I)cc1. The van der Waals surface area contributed by atoms with E-state index in [1.54, 1.807) is 31.0 Å². The highest BCUT2D eigenvalue weighted by atomic mass is 127. The highest BCUT2D eigenvalue weighted by Gasteiger charge is 2.03. The lowest BCUT2D eigenvalue weighted by Gasteiger charge is -2.05. The highest BCUT2D eigenvalue weighted by molar-refractivity contribution is 14.1. The minimum Gasteiger partial charge on any atom is -0.508 e. The van der Waals surface area contributed by atoms with Crippen molar-refractivity contribution in [2.45, 2.75) is 9.79 Å². The van der Waals surface area contributed by atoms with Crippen LogP contribution in [0.25, 0.3) is 0 Å². The minimum absolute atomic E-state index is 0.300. The van der Waals surface area contributed by atoms with Crippen molar-refractivity contribution in [3.63, 3.8) is 0 Å². The Morgan fingerprint density at radius 3 is 2.41 bits per heavy atom. The molecule has 0 saturated carbocycles. The lowest BCUT2D eigenvalue weighted by atomic mass is 10.3. The lowest BCUT2D eigenvalue weighted by molar-refractivity contribution is 0.414. The van der Waals surface area contributed by atoms with Gasteiger partial charge in [-0.25, -0.2) is 0 Å². The summed E-state index contributed by atoms with van der Waals surface area (Å²) < 4.78 is 6.16. The van der Waals surface area contributed by atoms with Crippen molar-refractivity contribution in [1.82, 2.24) is 0 Å². The molecule has 0 aliphatic carbocycles. The van der Waals surface area contributed by atoms with Crippen LogP contribution in [0.5, 0.6) is 11.5 Å². The number of methoxy groups -OCH3 is 1. The monoisotopic (exact) mass is 358 g/mol. The van der Waals surface area contributed by atoms with Gasteiger partial charge in [0.25, 0.3) is 0 Å². The maximum atomic E-state index is 9.34. The fourth-order valence-corrected chi connectivity index (χ4v) is 2.99. The molecule has 0 saturated heterocycles. The van der Waals surface area contributed by atoms with Crippen molar-refractivity contribution in [3.8, 4) is 11.5 Å². The van der Waals surface area contributed by atoms with Crippen molar-refractivity contribution in [1.29, 1.82) is 0 Å². The van der Waals surface area contributed by atoms with Gasteiger partial charge < -0.3 is 9.84 Å². The zero-order valence-corrected chi connectivity index (χ0v) is 12.2. The maximum absolute atomic E-state index is 9.34. The quantitative estimate of drug-likeness (QED) is 0.836. The van der Waals surface area contributed by atoms with Crippen LogP contribution in [0.2, 0.25) is 0 Å². The van der Waals surface area contributed by atoms with E-state index in [2.05, 4.69) is 22.6 Å². The summed E-state index contributed by atoms with van der Waals surface area (Å²) in [5.41, 5.74) is 0. The van der Waals surface area contributed by atoms with E-state index in [0.717, 1.165) is 19.1 Å². The second-order valence-corrected chi connectivity index (χ2v) is 5.67. The molecular formula is C13H11IO2S. The largest absolute Gasteiger partial charge is 0.508 e. The number of phenolic OH excluding ortho intramolecular Hbond substituents is 1. The first-order chi connectivity index (χ1) is 8.19. The van der Waals surface area contributed by atoms with E-state index in [4.69, 9.17) is 4.74 Å². The first kappa shape index (κ1) is 12.6. The molecule has 0 atom stereocenters. The van der Waals surface area contributed by atoms with Gasteiger partial charge in [0.1, 0.15) is 11.5 Å². The molecule has 0 aliphatic rings. The van der Waals surface area contributed by atoms with E-state index in [1.165, 1.54) is 0 Å². The summed E-state index contributed by atoms with van der Waals surface area (Å²) in [6.45, 7) is 0. The van der Waals surface area contributed by atoms with Crippen LogP contribution in [-0.2, 0) is 0 Å². The van der Waals surface area contributed by atoms with Gasteiger partial charge in [-0.05, 0) is 65.1 Å². The summed E-state index contributed by atoms with van der Waals surface area (Å²) in [7, 11) is 1.66. The second-order valence-electron chi connectivity index (χ2n) is 3.39. The minimum atomic E-state index is 0.300. The zero-order chi connectivity index (χ0) is 12.3. The van der Waals surface area contributed by atoms with Gasteiger partial charge in [0.05, 0.1) is 7.11 Å². The van der Waals surface area contributed by atoms with Crippen LogP contribution < -0.4 is 4.74 Å². The second kappa shape index (κ2) is 5.64. The average Bonchev–Trinajstić information content (AvgIpc) is 2.34. The molecule has 2 rings (SSSR count). The predicted molar refractivity (Wildman–Crippen MR) is 77.9 cm³/mol. The fourth-order valence-electron chi connectivity index (χ4n) is 1.34. The topological polar surface area (TPSA) is 29.5 Å². The summed E-state index contributed by atoms with van der Waals surface area (Å²) in [5, 5.41) is 9.34. The fraction of sp³-hybridized carbons (Fsp3) is 0.0769. The Hall–Kier alpha value is -0.880. The van der Waals surface area contributed by atoms with Gasteiger partial charge >= 0.3 is 0 Å². The van der Waals surface area contributed by atoms with Crippen molar-refractivity contribution in [2.24, 2.45) is 0 Å². The first-order valence-corrected chi connectivity index (χ1v) is 6.89. The molecule has 1 N–H and O–H groups in total. The van der Waals surface area contributed by atoms with Crippen molar-refractivity contribution in [2.75, 3.05) is 7.11 Å². The Bertz CT molecular complexity index is 511. The summed E-state index contributed by atoms with van der Waals surface area (Å²) in [4.78, 5) is 2.28. The smallest absolute Gasteiger partial charge is 0.118 e. The molecule has 0 aromatic heterocycles. The van der Waals surface area contributed by atoms with E-state index in [1.807, 2.05) is 30.3 Å². The molecule has 0 amide bonds. The molecule has 0 spiro atoms. The number of aromatic hydroxyl groups is 1. The zero-order valence-electron chi connectivity index (χ0n) is 9.18. The number of halogens is 1. The third-order valence-corrected chi connectivity index (χ3v) is 4.54.